The SMILES string of the molecule is C=C(CCCC1C=C2c3ccccc3CCC2C1c1ccc(CC)cc1)Cc1ccc(C)cc1. The summed E-state index contributed by atoms with van der Waals surface area (Å²) in [7, 11) is 0. The summed E-state index contributed by atoms with van der Waals surface area (Å²) in [6.45, 7) is 8.81. The van der Waals surface area contributed by atoms with E-state index < -0.39 is 0 Å². The molecule has 34 heavy (non-hydrogen) atoms. The van der Waals surface area contributed by atoms with Crippen molar-refractivity contribution in [2.45, 2.75) is 64.7 Å². The fourth-order valence-electron chi connectivity index (χ4n) is 6.29. The molecule has 0 saturated heterocycles. The largest absolute Gasteiger partial charge is 0.0995 e. The van der Waals surface area contributed by atoms with Crippen molar-refractivity contribution in [3.63, 3.8) is 0 Å². The minimum Gasteiger partial charge on any atom is -0.0995 e. The van der Waals surface area contributed by atoms with Crippen LogP contribution in [0, 0.1) is 18.8 Å². The van der Waals surface area contributed by atoms with E-state index in [9.17, 15) is 0 Å². The van der Waals surface area contributed by atoms with Gasteiger partial charge in [-0.1, -0.05) is 104 Å². The zero-order chi connectivity index (χ0) is 23.5. The Morgan fingerprint density at radius 2 is 1.65 bits per heavy atom. The average Bonchev–Trinajstić information content (AvgIpc) is 3.24. The summed E-state index contributed by atoms with van der Waals surface area (Å²) < 4.78 is 0. The summed E-state index contributed by atoms with van der Waals surface area (Å²) in [5.41, 5.74) is 11.7. The van der Waals surface area contributed by atoms with Gasteiger partial charge in [-0.3, -0.25) is 0 Å². The zero-order valence-corrected chi connectivity index (χ0v) is 20.9. The van der Waals surface area contributed by atoms with Crippen LogP contribution in [-0.2, 0) is 19.3 Å². The maximum atomic E-state index is 4.42. The van der Waals surface area contributed by atoms with Crippen LogP contribution >= 0.6 is 0 Å². The van der Waals surface area contributed by atoms with Crippen molar-refractivity contribution in [1.82, 2.24) is 0 Å². The highest BCUT2D eigenvalue weighted by Gasteiger charge is 2.40. The number of hydrogen-bond donors (Lipinski definition) is 0. The number of allylic oxidation sites excluding steroid dienone is 3. The summed E-state index contributed by atoms with van der Waals surface area (Å²) >= 11 is 0. The molecule has 0 fully saturated rings. The molecule has 0 N–H and O–H groups in total. The lowest BCUT2D eigenvalue weighted by Crippen LogP contribution is -2.19. The molecule has 174 valence electrons. The Hall–Kier alpha value is -2.86. The van der Waals surface area contributed by atoms with E-state index >= 15 is 0 Å². The predicted octanol–water partition coefficient (Wildman–Crippen LogP) is 8.89. The van der Waals surface area contributed by atoms with Crippen molar-refractivity contribution in [3.05, 3.63) is 124 Å². The van der Waals surface area contributed by atoms with Gasteiger partial charge in [0.1, 0.15) is 0 Å². The van der Waals surface area contributed by atoms with Gasteiger partial charge in [-0.15, -0.1) is 0 Å². The Kier molecular flexibility index (Phi) is 6.86. The lowest BCUT2D eigenvalue weighted by atomic mass is 9.72. The molecular formula is C34H38. The molecule has 0 nitrogen and oxygen atoms in total. The van der Waals surface area contributed by atoms with Crippen molar-refractivity contribution in [2.75, 3.05) is 0 Å². The highest BCUT2D eigenvalue weighted by atomic mass is 14.4. The van der Waals surface area contributed by atoms with Crippen LogP contribution in [0.5, 0.6) is 0 Å². The number of fused-ring (bicyclic) bond motifs is 3. The maximum absolute atomic E-state index is 4.42. The molecule has 3 unspecified atom stereocenters. The van der Waals surface area contributed by atoms with Crippen molar-refractivity contribution in [1.29, 1.82) is 0 Å². The third-order valence-corrected chi connectivity index (χ3v) is 8.16. The Morgan fingerprint density at radius 3 is 2.41 bits per heavy atom. The Labute approximate surface area is 206 Å². The van der Waals surface area contributed by atoms with Crippen molar-refractivity contribution in [2.24, 2.45) is 11.8 Å². The average molecular weight is 447 g/mol. The third-order valence-electron chi connectivity index (χ3n) is 8.16. The van der Waals surface area contributed by atoms with Crippen LogP contribution in [0.3, 0.4) is 0 Å². The van der Waals surface area contributed by atoms with Crippen molar-refractivity contribution >= 4 is 5.57 Å². The van der Waals surface area contributed by atoms with Crippen LogP contribution in [0.2, 0.25) is 0 Å². The molecule has 0 bridgehead atoms. The second-order valence-electron chi connectivity index (χ2n) is 10.5. The van der Waals surface area contributed by atoms with Gasteiger partial charge < -0.3 is 0 Å². The summed E-state index contributed by atoms with van der Waals surface area (Å²) in [4.78, 5) is 0. The number of hydrogen-bond acceptors (Lipinski definition) is 0. The monoisotopic (exact) mass is 446 g/mol. The summed E-state index contributed by atoms with van der Waals surface area (Å²) in [5.74, 6) is 1.88. The molecule has 0 radical (unpaired) electrons. The molecule has 0 heterocycles. The van der Waals surface area contributed by atoms with Crippen LogP contribution in [0.1, 0.15) is 71.9 Å². The molecule has 3 aromatic rings. The van der Waals surface area contributed by atoms with Crippen LogP contribution < -0.4 is 0 Å². The zero-order valence-electron chi connectivity index (χ0n) is 20.9. The van der Waals surface area contributed by atoms with E-state index in [1.165, 1.54) is 64.6 Å². The van der Waals surface area contributed by atoms with Gasteiger partial charge >= 0.3 is 0 Å². The number of rotatable bonds is 8. The van der Waals surface area contributed by atoms with Gasteiger partial charge in [0.15, 0.2) is 0 Å². The predicted molar refractivity (Wildman–Crippen MR) is 146 cm³/mol. The first kappa shape index (κ1) is 22.9. The summed E-state index contributed by atoms with van der Waals surface area (Å²) in [5, 5.41) is 0. The Bertz CT molecular complexity index is 1160. The van der Waals surface area contributed by atoms with E-state index in [1.54, 1.807) is 5.57 Å². The summed E-state index contributed by atoms with van der Waals surface area (Å²) in [6, 6.07) is 27.6. The summed E-state index contributed by atoms with van der Waals surface area (Å²) in [6.07, 6.45) is 10.8. The van der Waals surface area contributed by atoms with E-state index in [2.05, 4.69) is 99.3 Å². The molecule has 3 aromatic carbocycles. The fraction of sp³-hybridized carbons (Fsp3) is 0.353. The molecule has 2 aliphatic carbocycles. The van der Waals surface area contributed by atoms with E-state index in [1.807, 2.05) is 0 Å². The van der Waals surface area contributed by atoms with Gasteiger partial charge in [0.25, 0.3) is 0 Å². The molecule has 0 aliphatic heterocycles. The van der Waals surface area contributed by atoms with Crippen LogP contribution in [-0.4, -0.2) is 0 Å². The molecule has 0 amide bonds. The molecule has 2 aliphatic rings. The van der Waals surface area contributed by atoms with Crippen molar-refractivity contribution < 1.29 is 0 Å². The van der Waals surface area contributed by atoms with E-state index in [4.69, 9.17) is 0 Å². The second kappa shape index (κ2) is 10.2. The molecule has 0 aromatic heterocycles. The van der Waals surface area contributed by atoms with Gasteiger partial charge in [-0.2, -0.15) is 0 Å². The van der Waals surface area contributed by atoms with E-state index in [-0.39, 0.29) is 0 Å². The lowest BCUT2D eigenvalue weighted by molar-refractivity contribution is 0.395. The fourth-order valence-corrected chi connectivity index (χ4v) is 6.29. The Balaban J connectivity index is 1.32. The van der Waals surface area contributed by atoms with Gasteiger partial charge in [-0.05, 0) is 103 Å². The molecule has 0 spiro atoms. The van der Waals surface area contributed by atoms with E-state index in [0.29, 0.717) is 17.8 Å². The molecule has 5 rings (SSSR count). The normalized spacial score (nSPS) is 21.0. The number of benzene rings is 3. The molecule has 3 atom stereocenters. The minimum atomic E-state index is 0.611. The quantitative estimate of drug-likeness (QED) is 0.303. The van der Waals surface area contributed by atoms with Crippen LogP contribution in [0.15, 0.2) is 91.0 Å². The topological polar surface area (TPSA) is 0 Å². The van der Waals surface area contributed by atoms with Crippen LogP contribution in [0.4, 0.5) is 0 Å². The third kappa shape index (κ3) is 4.83. The number of aryl methyl sites for hydroxylation is 3. The highest BCUT2D eigenvalue weighted by molar-refractivity contribution is 5.75. The molecular weight excluding hydrogens is 408 g/mol. The van der Waals surface area contributed by atoms with Crippen molar-refractivity contribution in [3.8, 4) is 0 Å². The minimum absolute atomic E-state index is 0.611. The smallest absolute Gasteiger partial charge is 0.00297 e. The maximum Gasteiger partial charge on any atom is -0.00297 e. The van der Waals surface area contributed by atoms with Crippen LogP contribution in [0.25, 0.3) is 5.57 Å². The van der Waals surface area contributed by atoms with Gasteiger partial charge in [0.05, 0.1) is 0 Å². The van der Waals surface area contributed by atoms with E-state index in [0.717, 1.165) is 19.3 Å². The first-order chi connectivity index (χ1) is 16.6. The first-order valence-electron chi connectivity index (χ1n) is 13.2. The lowest BCUT2D eigenvalue weighted by Gasteiger charge is -2.31. The molecule has 0 heteroatoms. The molecule has 0 saturated carbocycles. The van der Waals surface area contributed by atoms with Gasteiger partial charge in [0, 0.05) is 0 Å². The Morgan fingerprint density at radius 1 is 0.912 bits per heavy atom. The standard InChI is InChI=1S/C34H38/c1-4-26-16-18-29(19-17-26)34-30(10-7-8-25(3)22-27-14-12-24(2)13-15-27)23-33-31-11-6-5-9-28(31)20-21-32(33)34/h5-6,9,11-19,23,30,32,34H,3-4,7-8,10,20-22H2,1-2H3. The first-order valence-corrected chi connectivity index (χ1v) is 13.2. The van der Waals surface area contributed by atoms with Gasteiger partial charge in [-0.25, -0.2) is 0 Å². The van der Waals surface area contributed by atoms with Gasteiger partial charge in [0.2, 0.25) is 0 Å². The second-order valence-corrected chi connectivity index (χ2v) is 10.5. The highest BCUT2D eigenvalue weighted by Crippen LogP contribution is 2.53.